The van der Waals surface area contributed by atoms with Crippen LogP contribution in [0.15, 0.2) is 23.1 Å². The van der Waals surface area contributed by atoms with Gasteiger partial charge >= 0.3 is 0 Å². The number of benzene rings is 1. The van der Waals surface area contributed by atoms with Crippen LogP contribution in [-0.4, -0.2) is 20.9 Å². The molecule has 0 aliphatic heterocycles. The van der Waals surface area contributed by atoms with E-state index in [1.165, 1.54) is 4.89 Å². The van der Waals surface area contributed by atoms with Crippen molar-refractivity contribution >= 4 is 15.9 Å². The van der Waals surface area contributed by atoms with Crippen molar-refractivity contribution in [1.82, 2.24) is 4.89 Å². The molecule has 94 valence electrons. The predicted molar refractivity (Wildman–Crippen MR) is 51.8 cm³/mol. The van der Waals surface area contributed by atoms with E-state index in [2.05, 4.69) is 10.6 Å². The van der Waals surface area contributed by atoms with E-state index in [0.717, 1.165) is 6.07 Å². The lowest BCUT2D eigenvalue weighted by Crippen LogP contribution is -2.30. The molecule has 0 fully saturated rings. The third kappa shape index (κ3) is 3.73. The summed E-state index contributed by atoms with van der Waals surface area (Å²) in [4.78, 5) is 15.0. The highest BCUT2D eigenvalue weighted by Gasteiger charge is 2.20. The van der Waals surface area contributed by atoms with E-state index in [4.69, 9.17) is 0 Å². The van der Waals surface area contributed by atoms with E-state index >= 15 is 0 Å². The number of halogens is 2. The molecule has 0 spiro atoms. The predicted octanol–water partition coefficient (Wildman–Crippen LogP) is -0.340. The zero-order valence-electron chi connectivity index (χ0n) is 8.31. The molecule has 0 bridgehead atoms. The van der Waals surface area contributed by atoms with Crippen molar-refractivity contribution in [3.8, 4) is 0 Å². The second-order valence-corrected chi connectivity index (χ2v) is 4.53. The molecule has 1 aromatic rings. The minimum absolute atomic E-state index is 0.477. The summed E-state index contributed by atoms with van der Waals surface area (Å²) in [6.07, 6.45) is 0. The number of carbonyl (C=O) groups excluding carboxylic acids is 1. The first-order valence-electron chi connectivity index (χ1n) is 4.20. The lowest BCUT2D eigenvalue weighted by Gasteiger charge is -2.06. The van der Waals surface area contributed by atoms with Crippen LogP contribution in [0.1, 0.15) is 0 Å². The van der Waals surface area contributed by atoms with Crippen LogP contribution in [0.25, 0.3) is 0 Å². The van der Waals surface area contributed by atoms with Gasteiger partial charge in [-0.3, -0.25) is 9.63 Å². The van der Waals surface area contributed by atoms with Crippen LogP contribution >= 0.6 is 0 Å². The summed E-state index contributed by atoms with van der Waals surface area (Å²) in [6.45, 7) is -0.726. The topological polar surface area (TPSA) is 98.5 Å². The maximum atomic E-state index is 13.1. The van der Waals surface area contributed by atoms with Crippen molar-refractivity contribution in [1.29, 1.82) is 0 Å². The second-order valence-electron chi connectivity index (χ2n) is 2.92. The molecule has 3 N–H and O–H groups in total. The Bertz CT molecular complexity index is 532. The van der Waals surface area contributed by atoms with E-state index in [1.54, 1.807) is 0 Å². The summed E-state index contributed by atoms with van der Waals surface area (Å²) >= 11 is 0. The molecule has 0 aliphatic carbocycles. The van der Waals surface area contributed by atoms with Crippen molar-refractivity contribution in [2.45, 2.75) is 4.90 Å². The summed E-state index contributed by atoms with van der Waals surface area (Å²) in [5, 5.41) is 0. The molecule has 6 nitrogen and oxygen atoms in total. The molecule has 0 atom stereocenters. The highest BCUT2D eigenvalue weighted by Crippen LogP contribution is 2.15. The summed E-state index contributed by atoms with van der Waals surface area (Å²) in [5.74, 6) is -3.00. The standard InChI is InChI=1S/C8H8F2N2O4S/c9-5-1-2-6(10)7(3-5)17(14,15)12-16-4-8(11)13/h1-3,12H,4H2,(H2,11,13). The molecular formula is C8H8F2N2O4S. The number of amides is 1. The second kappa shape index (κ2) is 5.17. The molecule has 1 aromatic carbocycles. The molecule has 0 unspecified atom stereocenters. The molecule has 9 heteroatoms. The van der Waals surface area contributed by atoms with E-state index in [9.17, 15) is 22.0 Å². The molecule has 0 heterocycles. The van der Waals surface area contributed by atoms with E-state index in [-0.39, 0.29) is 0 Å². The number of hydrogen-bond acceptors (Lipinski definition) is 4. The van der Waals surface area contributed by atoms with E-state index in [1.807, 2.05) is 0 Å². The Morgan fingerprint density at radius 3 is 2.65 bits per heavy atom. The number of sulfonamides is 1. The molecule has 0 radical (unpaired) electrons. The van der Waals surface area contributed by atoms with Gasteiger partial charge in [0.2, 0.25) is 5.91 Å². The number of carbonyl (C=O) groups is 1. The number of nitrogens with two attached hydrogens (primary N) is 1. The fourth-order valence-electron chi connectivity index (χ4n) is 0.906. The fraction of sp³-hybridized carbons (Fsp3) is 0.125. The van der Waals surface area contributed by atoms with Crippen LogP contribution in [0.5, 0.6) is 0 Å². The lowest BCUT2D eigenvalue weighted by atomic mass is 10.3. The van der Waals surface area contributed by atoms with Gasteiger partial charge in [-0.15, -0.1) is 0 Å². The van der Waals surface area contributed by atoms with E-state index in [0.29, 0.717) is 12.1 Å². The summed E-state index contributed by atoms with van der Waals surface area (Å²) in [7, 11) is -4.40. The molecule has 0 aliphatic rings. The van der Waals surface area contributed by atoms with Crippen LogP contribution in [-0.2, 0) is 19.7 Å². The highest BCUT2D eigenvalue weighted by molar-refractivity contribution is 7.89. The molecule has 1 amide bonds. The van der Waals surface area contributed by atoms with Gasteiger partial charge < -0.3 is 5.73 Å². The van der Waals surface area contributed by atoms with Crippen LogP contribution < -0.4 is 10.6 Å². The Morgan fingerprint density at radius 2 is 2.06 bits per heavy atom. The molecule has 17 heavy (non-hydrogen) atoms. The van der Waals surface area contributed by atoms with Crippen molar-refractivity contribution in [3.63, 3.8) is 0 Å². The molecule has 1 rings (SSSR count). The van der Waals surface area contributed by atoms with Crippen LogP contribution in [0.2, 0.25) is 0 Å². The first-order chi connectivity index (χ1) is 7.83. The van der Waals surface area contributed by atoms with Crippen LogP contribution in [0.4, 0.5) is 8.78 Å². The van der Waals surface area contributed by atoms with Gasteiger partial charge in [0.15, 0.2) is 0 Å². The molecule has 0 saturated carbocycles. The molecular weight excluding hydrogens is 258 g/mol. The number of primary amides is 1. The summed E-state index contributed by atoms with van der Waals surface area (Å²) in [5.41, 5.74) is 4.68. The van der Waals surface area contributed by atoms with Crippen molar-refractivity contribution in [2.24, 2.45) is 5.73 Å². The number of hydrogen-bond donors (Lipinski definition) is 2. The maximum absolute atomic E-state index is 13.1. The van der Waals surface area contributed by atoms with E-state index < -0.39 is 39.1 Å². The van der Waals surface area contributed by atoms with Crippen molar-refractivity contribution in [2.75, 3.05) is 6.61 Å². The Kier molecular flexibility index (Phi) is 4.10. The van der Waals surface area contributed by atoms with Gasteiger partial charge in [-0.05, 0) is 18.2 Å². The smallest absolute Gasteiger partial charge is 0.265 e. The normalized spacial score (nSPS) is 11.4. The largest absolute Gasteiger partial charge is 0.368 e. The van der Waals surface area contributed by atoms with Gasteiger partial charge in [-0.1, -0.05) is 4.89 Å². The third-order valence-corrected chi connectivity index (χ3v) is 2.79. The zero-order valence-corrected chi connectivity index (χ0v) is 9.13. The quantitative estimate of drug-likeness (QED) is 0.712. The Labute approximate surface area is 95.4 Å². The first-order valence-corrected chi connectivity index (χ1v) is 5.68. The van der Waals surface area contributed by atoms with Crippen LogP contribution in [0, 0.1) is 11.6 Å². The minimum Gasteiger partial charge on any atom is -0.368 e. The number of rotatable bonds is 5. The third-order valence-electron chi connectivity index (χ3n) is 1.57. The Hall–Kier alpha value is -1.58. The number of nitrogens with one attached hydrogen (secondary N) is 1. The van der Waals surface area contributed by atoms with Gasteiger partial charge in [-0.2, -0.15) is 0 Å². The SMILES string of the molecule is NC(=O)CONS(=O)(=O)c1cc(F)ccc1F. The fourth-order valence-corrected chi connectivity index (χ4v) is 1.80. The average Bonchev–Trinajstić information content (AvgIpc) is 2.20. The van der Waals surface area contributed by atoms with Gasteiger partial charge in [0.1, 0.15) is 23.1 Å². The Balaban J connectivity index is 2.89. The highest BCUT2D eigenvalue weighted by atomic mass is 32.2. The molecule has 0 aromatic heterocycles. The first kappa shape index (κ1) is 13.5. The minimum atomic E-state index is -4.40. The molecule has 0 saturated heterocycles. The summed E-state index contributed by atoms with van der Waals surface area (Å²) < 4.78 is 48.7. The average molecular weight is 266 g/mol. The van der Waals surface area contributed by atoms with Gasteiger partial charge in [-0.25, -0.2) is 17.2 Å². The van der Waals surface area contributed by atoms with Crippen molar-refractivity contribution < 1.29 is 26.8 Å². The monoisotopic (exact) mass is 266 g/mol. The zero-order chi connectivity index (χ0) is 13.1. The van der Waals surface area contributed by atoms with Gasteiger partial charge in [0.05, 0.1) is 0 Å². The summed E-state index contributed by atoms with van der Waals surface area (Å²) in [6, 6.07) is 1.89. The maximum Gasteiger partial charge on any atom is 0.265 e. The van der Waals surface area contributed by atoms with Crippen molar-refractivity contribution in [3.05, 3.63) is 29.8 Å². The van der Waals surface area contributed by atoms with Gasteiger partial charge in [0, 0.05) is 0 Å². The lowest BCUT2D eigenvalue weighted by molar-refractivity contribution is -0.123. The van der Waals surface area contributed by atoms with Crippen LogP contribution in [0.3, 0.4) is 0 Å². The van der Waals surface area contributed by atoms with Gasteiger partial charge in [0.25, 0.3) is 10.0 Å². The Morgan fingerprint density at radius 1 is 1.41 bits per heavy atom.